The van der Waals surface area contributed by atoms with E-state index in [1.54, 1.807) is 54.7 Å². The molecule has 2 aliphatic heterocycles. The predicted molar refractivity (Wildman–Crippen MR) is 289 cm³/mol. The zero-order chi connectivity index (χ0) is 51.9. The Morgan fingerprint density at radius 1 is 0.824 bits per heavy atom. The number of halogens is 1. The highest BCUT2D eigenvalue weighted by Crippen LogP contribution is 2.34. The van der Waals surface area contributed by atoms with Gasteiger partial charge in [0.05, 0.1) is 68.6 Å². The number of aromatic amines is 1. The van der Waals surface area contributed by atoms with Crippen molar-refractivity contribution < 1.29 is 38.2 Å². The maximum absolute atomic E-state index is 13.1. The highest BCUT2D eigenvalue weighted by molar-refractivity contribution is 8.00. The number of carbonyl (C=O) groups excluding carboxylic acids is 5. The number of urea groups is 2. The summed E-state index contributed by atoms with van der Waals surface area (Å²) in [6.45, 7) is 4.90. The lowest BCUT2D eigenvalue weighted by molar-refractivity contribution is -0.121. The van der Waals surface area contributed by atoms with Gasteiger partial charge in [0.1, 0.15) is 0 Å². The topological polar surface area (TPSA) is 254 Å². The molecule has 0 unspecified atom stereocenters. The van der Waals surface area contributed by atoms with E-state index in [0.717, 1.165) is 41.5 Å². The molecule has 3 aromatic carbocycles. The number of nitrogens with one attached hydrogen (secondary N) is 9. The molecule has 0 spiro atoms. The summed E-state index contributed by atoms with van der Waals surface area (Å²) in [5.74, 6) is 0.683. The maximum atomic E-state index is 13.1. The molecule has 3 atom stereocenters. The number of unbranched alkanes of at least 4 members (excludes halogenated alkanes) is 1. The standard InChI is InChI=1S/C52H65ClN12O8S/c1-65(24-8-20-55-51(69)56-22-26-72-28-30-73-29-27-71-25-21-54-45(66)14-5-4-13-44-48-43(34-74-44)62-52(70)64-48)23-7-15-46(67)59-36-18-16-35(17-19-36)49(68)60-37-9-6-10-38(31-37)61-50-58-33-41(53)47(63-50)40-32-57-42-12-3-2-11-39(40)42/h2-3,6-7,9-12,15-19,31-33,43-44,48,57H,4-5,8,13-14,20-30,34H2,1H3,(H,54,66)(H,59,67)(H,60,68)(H2,55,56,69)(H,58,61,63)(H2,62,64,70)/b15-7+/t43-,44-,48-/m0/s1. The summed E-state index contributed by atoms with van der Waals surface area (Å²) in [5.41, 5.74) is 4.59. The number of ether oxygens (including phenoxy) is 3. The number of carbonyl (C=O) groups is 5. The van der Waals surface area contributed by atoms with Crippen LogP contribution in [0.2, 0.25) is 5.02 Å². The van der Waals surface area contributed by atoms with Gasteiger partial charge in [0.2, 0.25) is 17.8 Å². The van der Waals surface area contributed by atoms with Crippen molar-refractivity contribution in [2.24, 2.45) is 0 Å². The van der Waals surface area contributed by atoms with E-state index in [-0.39, 0.29) is 41.9 Å². The van der Waals surface area contributed by atoms with E-state index in [2.05, 4.69) is 57.5 Å². The van der Waals surface area contributed by atoms with Gasteiger partial charge < -0.3 is 66.6 Å². The lowest BCUT2D eigenvalue weighted by Crippen LogP contribution is -2.38. The third-order valence-corrected chi connectivity index (χ3v) is 13.8. The van der Waals surface area contributed by atoms with Gasteiger partial charge in [0.25, 0.3) is 5.91 Å². The summed E-state index contributed by atoms with van der Waals surface area (Å²) in [7, 11) is 1.93. The fraction of sp³-hybridized carbons (Fsp3) is 0.404. The number of hydrogen-bond acceptors (Lipinski definition) is 13. The Balaban J connectivity index is 0.654. The van der Waals surface area contributed by atoms with E-state index in [9.17, 15) is 24.0 Å². The number of likely N-dealkylation sites (N-methyl/N-ethyl adjacent to an activating group) is 1. The number of para-hydroxylation sites is 1. The van der Waals surface area contributed by atoms with Crippen LogP contribution >= 0.6 is 23.4 Å². The molecule has 2 saturated heterocycles. The second kappa shape index (κ2) is 29.2. The Morgan fingerprint density at radius 3 is 2.38 bits per heavy atom. The first-order chi connectivity index (χ1) is 36.1. The molecule has 2 aromatic heterocycles. The molecular formula is C52H65ClN12O8S. The minimum atomic E-state index is -0.320. The summed E-state index contributed by atoms with van der Waals surface area (Å²) in [6.07, 6.45) is 10.6. The number of rotatable bonds is 30. The SMILES string of the molecule is CN(C/C=C/C(=O)Nc1ccc(C(=O)Nc2cccc(Nc3ncc(Cl)c(-c4c[nH]c5ccccc45)n3)c2)cc1)CCCNC(=O)NCCOCCOCCOCCNC(=O)CCCC[C@@H]1SC[C@@H]2NC(=O)N[C@@H]21. The van der Waals surface area contributed by atoms with E-state index in [1.807, 2.05) is 60.2 Å². The molecule has 20 nitrogen and oxygen atoms in total. The lowest BCUT2D eigenvalue weighted by atomic mass is 10.0. The smallest absolute Gasteiger partial charge is 0.315 e. The Bertz CT molecular complexity index is 2680. The number of anilines is 4. The van der Waals surface area contributed by atoms with Crippen LogP contribution in [0.3, 0.4) is 0 Å². The molecule has 7 rings (SSSR count). The van der Waals surface area contributed by atoms with Crippen molar-refractivity contribution in [3.8, 4) is 11.3 Å². The third kappa shape index (κ3) is 17.7. The third-order valence-electron chi connectivity index (χ3n) is 12.0. The van der Waals surface area contributed by atoms with Crippen LogP contribution in [-0.2, 0) is 23.8 Å². The maximum Gasteiger partial charge on any atom is 0.315 e. The van der Waals surface area contributed by atoms with Gasteiger partial charge in [-0.1, -0.05) is 48.4 Å². The highest BCUT2D eigenvalue weighted by atomic mass is 35.5. The van der Waals surface area contributed by atoms with Gasteiger partial charge in [-0.25, -0.2) is 19.6 Å². The molecule has 394 valence electrons. The van der Waals surface area contributed by atoms with Gasteiger partial charge in [-0.3, -0.25) is 14.4 Å². The number of aromatic nitrogens is 3. The molecular weight excluding hydrogens is 988 g/mol. The second-order valence-electron chi connectivity index (χ2n) is 17.6. The van der Waals surface area contributed by atoms with Crippen LogP contribution in [-0.4, -0.2) is 152 Å². The molecule has 0 saturated carbocycles. The number of nitrogens with zero attached hydrogens (tertiary/aromatic N) is 3. The second-order valence-corrected chi connectivity index (χ2v) is 19.3. The number of fused-ring (bicyclic) bond motifs is 2. The van der Waals surface area contributed by atoms with Gasteiger partial charge in [-0.05, 0) is 81.4 Å². The number of amides is 7. The number of benzene rings is 3. The number of thioether (sulfide) groups is 1. The Kier molecular flexibility index (Phi) is 21.7. The Labute approximate surface area is 439 Å². The van der Waals surface area contributed by atoms with Crippen LogP contribution in [0.4, 0.5) is 32.6 Å². The minimum Gasteiger partial charge on any atom is -0.377 e. The van der Waals surface area contributed by atoms with E-state index in [0.29, 0.717) is 130 Å². The van der Waals surface area contributed by atoms with Gasteiger partial charge in [-0.2, -0.15) is 11.8 Å². The minimum absolute atomic E-state index is 0.0174. The van der Waals surface area contributed by atoms with Crippen LogP contribution < -0.4 is 42.5 Å². The van der Waals surface area contributed by atoms with Crippen LogP contribution in [0, 0.1) is 0 Å². The van der Waals surface area contributed by atoms with Crippen molar-refractivity contribution in [1.82, 2.24) is 46.4 Å². The summed E-state index contributed by atoms with van der Waals surface area (Å²) in [4.78, 5) is 75.8. The number of H-pyrrole nitrogens is 1. The molecule has 4 heterocycles. The van der Waals surface area contributed by atoms with Gasteiger partial charge in [0, 0.05) is 95.0 Å². The van der Waals surface area contributed by atoms with Gasteiger partial charge >= 0.3 is 12.1 Å². The van der Waals surface area contributed by atoms with Crippen molar-refractivity contribution in [2.45, 2.75) is 49.4 Å². The number of hydrogen-bond donors (Lipinski definition) is 9. The van der Waals surface area contributed by atoms with Gasteiger partial charge in [0.15, 0.2) is 0 Å². The van der Waals surface area contributed by atoms with Crippen molar-refractivity contribution in [1.29, 1.82) is 0 Å². The largest absolute Gasteiger partial charge is 0.377 e. The first-order valence-corrected chi connectivity index (χ1v) is 26.2. The lowest BCUT2D eigenvalue weighted by Gasteiger charge is -2.16. The molecule has 22 heteroatoms. The quantitative estimate of drug-likeness (QED) is 0.0140. The molecule has 0 radical (unpaired) electrons. The average Bonchev–Trinajstić information content (AvgIpc) is 4.11. The molecule has 74 heavy (non-hydrogen) atoms. The van der Waals surface area contributed by atoms with Crippen LogP contribution in [0.25, 0.3) is 22.2 Å². The van der Waals surface area contributed by atoms with E-state index in [4.69, 9.17) is 25.8 Å². The molecule has 5 aromatic rings. The van der Waals surface area contributed by atoms with Crippen molar-refractivity contribution >= 4 is 87.1 Å². The summed E-state index contributed by atoms with van der Waals surface area (Å²) in [5, 5.41) is 25.2. The summed E-state index contributed by atoms with van der Waals surface area (Å²) < 4.78 is 16.6. The van der Waals surface area contributed by atoms with Crippen LogP contribution in [0.1, 0.15) is 42.5 Å². The monoisotopic (exact) mass is 1050 g/mol. The first kappa shape index (κ1) is 55.0. The zero-order valence-electron chi connectivity index (χ0n) is 41.4. The molecule has 7 amide bonds. The fourth-order valence-corrected chi connectivity index (χ4v) is 9.96. The first-order valence-electron chi connectivity index (χ1n) is 24.8. The summed E-state index contributed by atoms with van der Waals surface area (Å²) in [6, 6.07) is 21.8. The molecule has 0 aliphatic carbocycles. The van der Waals surface area contributed by atoms with Crippen molar-refractivity contribution in [3.63, 3.8) is 0 Å². The zero-order valence-corrected chi connectivity index (χ0v) is 43.0. The molecule has 0 bridgehead atoms. The Morgan fingerprint density at radius 2 is 1.57 bits per heavy atom. The van der Waals surface area contributed by atoms with Crippen LogP contribution in [0.15, 0.2) is 97.3 Å². The highest BCUT2D eigenvalue weighted by Gasteiger charge is 2.42. The van der Waals surface area contributed by atoms with Crippen molar-refractivity contribution in [3.05, 3.63) is 108 Å². The predicted octanol–water partition coefficient (Wildman–Crippen LogP) is 6.28. The van der Waals surface area contributed by atoms with E-state index < -0.39 is 0 Å². The van der Waals surface area contributed by atoms with Crippen molar-refractivity contribution in [2.75, 3.05) is 101 Å². The molecule has 2 aliphatic rings. The normalized spacial score (nSPS) is 15.9. The average molecular weight is 1050 g/mol. The van der Waals surface area contributed by atoms with E-state index >= 15 is 0 Å². The Hall–Kier alpha value is -6.75. The summed E-state index contributed by atoms with van der Waals surface area (Å²) >= 11 is 8.40. The van der Waals surface area contributed by atoms with Crippen LogP contribution in [0.5, 0.6) is 0 Å². The molecule has 9 N–H and O–H groups in total. The van der Waals surface area contributed by atoms with E-state index in [1.165, 1.54) is 6.08 Å². The molecule has 2 fully saturated rings. The fourth-order valence-electron chi connectivity index (χ4n) is 8.23. The van der Waals surface area contributed by atoms with Gasteiger partial charge in [-0.15, -0.1) is 0 Å².